The van der Waals surface area contributed by atoms with Gasteiger partial charge in [-0.2, -0.15) is 0 Å². The highest BCUT2D eigenvalue weighted by Gasteiger charge is 2.16. The molecule has 0 bridgehead atoms. The van der Waals surface area contributed by atoms with Crippen LogP contribution in [0, 0.1) is 5.92 Å². The first kappa shape index (κ1) is 12.0. The van der Waals surface area contributed by atoms with Gasteiger partial charge in [-0.1, -0.05) is 25.2 Å². The second-order valence-electron chi connectivity index (χ2n) is 4.19. The van der Waals surface area contributed by atoms with Gasteiger partial charge in [0.1, 0.15) is 6.61 Å². The van der Waals surface area contributed by atoms with Crippen LogP contribution in [-0.2, 0) is 9.53 Å². The summed E-state index contributed by atoms with van der Waals surface area (Å²) in [5.74, 6) is 0.358. The Kier molecular flexibility index (Phi) is 4.60. The average Bonchev–Trinajstić information content (AvgIpc) is 2.26. The van der Waals surface area contributed by atoms with Crippen molar-refractivity contribution >= 4 is 5.97 Å². The summed E-state index contributed by atoms with van der Waals surface area (Å²) in [5, 5.41) is 0. The first-order chi connectivity index (χ1) is 7.13. The monoisotopic (exact) mass is 208 g/mol. The van der Waals surface area contributed by atoms with Crippen LogP contribution < -0.4 is 0 Å². The molecule has 2 heteroatoms. The molecule has 15 heavy (non-hydrogen) atoms. The van der Waals surface area contributed by atoms with E-state index in [-0.39, 0.29) is 5.97 Å². The molecular weight excluding hydrogens is 188 g/mol. The van der Waals surface area contributed by atoms with Gasteiger partial charge in [-0.25, -0.2) is 0 Å². The predicted octanol–water partition coefficient (Wildman–Crippen LogP) is 3.24. The molecule has 1 rings (SSSR count). The van der Waals surface area contributed by atoms with Crippen molar-refractivity contribution in [1.82, 2.24) is 0 Å². The van der Waals surface area contributed by atoms with Gasteiger partial charge in [-0.05, 0) is 37.7 Å². The fourth-order valence-electron chi connectivity index (χ4n) is 1.73. The highest BCUT2D eigenvalue weighted by atomic mass is 16.5. The van der Waals surface area contributed by atoms with Crippen LogP contribution in [0.3, 0.4) is 0 Å². The third-order valence-electron chi connectivity index (χ3n) is 2.92. The van der Waals surface area contributed by atoms with Gasteiger partial charge >= 0.3 is 5.97 Å². The fraction of sp³-hybridized carbons (Fsp3) is 0.615. The van der Waals surface area contributed by atoms with Gasteiger partial charge in [0.15, 0.2) is 0 Å². The van der Waals surface area contributed by atoms with Crippen LogP contribution in [0.4, 0.5) is 0 Å². The van der Waals surface area contributed by atoms with Crippen molar-refractivity contribution < 1.29 is 9.53 Å². The van der Waals surface area contributed by atoms with Gasteiger partial charge in [0.2, 0.25) is 0 Å². The number of carbonyl (C=O) groups excluding carboxylic acids is 1. The van der Waals surface area contributed by atoms with Crippen molar-refractivity contribution in [1.29, 1.82) is 0 Å². The Morgan fingerprint density at radius 3 is 2.93 bits per heavy atom. The normalized spacial score (nSPS) is 20.7. The number of esters is 1. The van der Waals surface area contributed by atoms with Crippen LogP contribution in [0.5, 0.6) is 0 Å². The smallest absolute Gasteiger partial charge is 0.305 e. The summed E-state index contributed by atoms with van der Waals surface area (Å²) in [6, 6.07) is 0. The second-order valence-corrected chi connectivity index (χ2v) is 4.19. The number of hydrogen-bond donors (Lipinski definition) is 0. The van der Waals surface area contributed by atoms with E-state index in [1.165, 1.54) is 5.57 Å². The minimum absolute atomic E-state index is 0.140. The lowest BCUT2D eigenvalue weighted by molar-refractivity contribution is -0.142. The lowest BCUT2D eigenvalue weighted by Gasteiger charge is -2.22. The molecule has 2 nitrogen and oxygen atoms in total. The second kappa shape index (κ2) is 5.74. The Hall–Kier alpha value is -1.05. The zero-order chi connectivity index (χ0) is 11.3. The van der Waals surface area contributed by atoms with Crippen molar-refractivity contribution in [3.63, 3.8) is 0 Å². The molecule has 0 spiro atoms. The van der Waals surface area contributed by atoms with E-state index in [2.05, 4.69) is 19.6 Å². The molecule has 1 aliphatic carbocycles. The first-order valence-corrected chi connectivity index (χ1v) is 5.62. The van der Waals surface area contributed by atoms with Crippen LogP contribution >= 0.6 is 0 Å². The molecule has 0 N–H and O–H groups in total. The van der Waals surface area contributed by atoms with E-state index in [1.807, 2.05) is 0 Å². The van der Waals surface area contributed by atoms with Gasteiger partial charge in [0, 0.05) is 6.42 Å². The highest BCUT2D eigenvalue weighted by Crippen LogP contribution is 2.28. The van der Waals surface area contributed by atoms with E-state index in [0.717, 1.165) is 24.8 Å². The molecule has 0 radical (unpaired) electrons. The van der Waals surface area contributed by atoms with Crippen LogP contribution in [0.2, 0.25) is 0 Å². The molecule has 0 heterocycles. The lowest BCUT2D eigenvalue weighted by atomic mass is 9.86. The summed E-state index contributed by atoms with van der Waals surface area (Å²) in [7, 11) is 0. The Labute approximate surface area is 92.0 Å². The Morgan fingerprint density at radius 1 is 1.67 bits per heavy atom. The minimum Gasteiger partial charge on any atom is -0.461 e. The SMILES string of the molecule is C=C(COC(=O)CC)C1CC=C(C)CC1. The number of rotatable bonds is 4. The maximum Gasteiger partial charge on any atom is 0.305 e. The topological polar surface area (TPSA) is 26.3 Å². The highest BCUT2D eigenvalue weighted by molar-refractivity contribution is 5.69. The molecule has 1 unspecified atom stereocenters. The van der Waals surface area contributed by atoms with Gasteiger partial charge in [-0.15, -0.1) is 0 Å². The molecule has 0 saturated carbocycles. The van der Waals surface area contributed by atoms with Crippen molar-refractivity contribution in [3.05, 3.63) is 23.8 Å². The van der Waals surface area contributed by atoms with E-state index in [9.17, 15) is 4.79 Å². The molecule has 0 aromatic carbocycles. The molecule has 84 valence electrons. The summed E-state index contributed by atoms with van der Waals surface area (Å²) in [6.07, 6.45) is 6.04. The zero-order valence-corrected chi connectivity index (χ0v) is 9.71. The van der Waals surface area contributed by atoms with Crippen molar-refractivity contribution in [2.45, 2.75) is 39.5 Å². The number of ether oxygens (including phenoxy) is 1. The van der Waals surface area contributed by atoms with Gasteiger partial charge in [-0.3, -0.25) is 4.79 Å². The molecule has 0 fully saturated rings. The van der Waals surface area contributed by atoms with Gasteiger partial charge in [0.05, 0.1) is 0 Å². The molecule has 0 aromatic rings. The van der Waals surface area contributed by atoms with Crippen LogP contribution in [0.1, 0.15) is 39.5 Å². The molecular formula is C13H20O2. The zero-order valence-electron chi connectivity index (χ0n) is 9.71. The average molecular weight is 208 g/mol. The molecule has 0 saturated heterocycles. The van der Waals surface area contributed by atoms with E-state index < -0.39 is 0 Å². The molecule has 0 aromatic heterocycles. The summed E-state index contributed by atoms with van der Waals surface area (Å²) in [6.45, 7) is 8.36. The van der Waals surface area contributed by atoms with Crippen LogP contribution in [0.25, 0.3) is 0 Å². The summed E-state index contributed by atoms with van der Waals surface area (Å²) < 4.78 is 5.07. The molecule has 1 atom stereocenters. The van der Waals surface area contributed by atoms with E-state index in [0.29, 0.717) is 18.9 Å². The summed E-state index contributed by atoms with van der Waals surface area (Å²) in [5.41, 5.74) is 2.52. The number of allylic oxidation sites excluding steroid dienone is 2. The van der Waals surface area contributed by atoms with Gasteiger partial charge in [0.25, 0.3) is 0 Å². The number of carbonyl (C=O) groups is 1. The van der Waals surface area contributed by atoms with E-state index in [1.54, 1.807) is 6.92 Å². The summed E-state index contributed by atoms with van der Waals surface area (Å²) >= 11 is 0. The quantitative estimate of drug-likeness (QED) is 0.523. The van der Waals surface area contributed by atoms with Crippen LogP contribution in [-0.4, -0.2) is 12.6 Å². The van der Waals surface area contributed by atoms with Crippen molar-refractivity contribution in [2.24, 2.45) is 5.92 Å². The molecule has 0 amide bonds. The molecule has 1 aliphatic rings. The molecule has 0 aliphatic heterocycles. The minimum atomic E-state index is -0.140. The largest absolute Gasteiger partial charge is 0.461 e. The van der Waals surface area contributed by atoms with E-state index in [4.69, 9.17) is 4.74 Å². The standard InChI is InChI=1S/C13H20O2/c1-4-13(14)15-9-11(3)12-7-5-10(2)6-8-12/h5,12H,3-4,6-9H2,1-2H3. The lowest BCUT2D eigenvalue weighted by Crippen LogP contribution is -2.14. The maximum atomic E-state index is 11.0. The fourth-order valence-corrected chi connectivity index (χ4v) is 1.73. The van der Waals surface area contributed by atoms with Crippen molar-refractivity contribution in [2.75, 3.05) is 6.61 Å². The summed E-state index contributed by atoms with van der Waals surface area (Å²) in [4.78, 5) is 11.0. The van der Waals surface area contributed by atoms with Crippen LogP contribution in [0.15, 0.2) is 23.8 Å². The Morgan fingerprint density at radius 2 is 2.40 bits per heavy atom. The Bertz CT molecular complexity index is 276. The van der Waals surface area contributed by atoms with Gasteiger partial charge < -0.3 is 4.74 Å². The van der Waals surface area contributed by atoms with Crippen molar-refractivity contribution in [3.8, 4) is 0 Å². The number of hydrogen-bond acceptors (Lipinski definition) is 2. The Balaban J connectivity index is 2.32. The van der Waals surface area contributed by atoms with E-state index >= 15 is 0 Å². The third-order valence-corrected chi connectivity index (χ3v) is 2.92. The third kappa shape index (κ3) is 3.90. The maximum absolute atomic E-state index is 11.0. The predicted molar refractivity (Wildman–Crippen MR) is 61.5 cm³/mol. The first-order valence-electron chi connectivity index (χ1n) is 5.62.